The minimum Gasteiger partial charge on any atom is -0.161 e. The van der Waals surface area contributed by atoms with Gasteiger partial charge in [-0.15, -0.1) is 11.6 Å². The summed E-state index contributed by atoms with van der Waals surface area (Å²) in [4.78, 5) is 0. The van der Waals surface area contributed by atoms with Gasteiger partial charge in [0.2, 0.25) is 0 Å². The zero-order chi connectivity index (χ0) is 10.7. The predicted octanol–water partition coefficient (Wildman–Crippen LogP) is 4.42. The van der Waals surface area contributed by atoms with Gasteiger partial charge in [-0.2, -0.15) is 11.8 Å². The molecule has 82 valence electrons. The lowest BCUT2D eigenvalue weighted by molar-refractivity contribution is 0.729. The maximum Gasteiger partial charge on any atom is 0.0404 e. The number of benzene rings is 1. The first-order valence-corrected chi connectivity index (χ1v) is 7.36. The number of hydrogen-bond acceptors (Lipinski definition) is 1. The van der Waals surface area contributed by atoms with Crippen molar-refractivity contribution >= 4 is 23.4 Å². The molecule has 0 amide bonds. The first kappa shape index (κ1) is 11.3. The quantitative estimate of drug-likeness (QED) is 0.705. The van der Waals surface area contributed by atoms with Crippen molar-refractivity contribution in [2.24, 2.45) is 0 Å². The van der Waals surface area contributed by atoms with Crippen LogP contribution in [0.4, 0.5) is 0 Å². The SMILES string of the molecule is CSCc1ccc(C2CCCC2Cl)cc1. The molecule has 0 bridgehead atoms. The van der Waals surface area contributed by atoms with Crippen molar-refractivity contribution in [2.75, 3.05) is 6.26 Å². The van der Waals surface area contributed by atoms with E-state index in [9.17, 15) is 0 Å². The summed E-state index contributed by atoms with van der Waals surface area (Å²) in [6.45, 7) is 0. The summed E-state index contributed by atoms with van der Waals surface area (Å²) in [6.07, 6.45) is 5.86. The van der Waals surface area contributed by atoms with Gasteiger partial charge in [0.05, 0.1) is 0 Å². The van der Waals surface area contributed by atoms with Crippen LogP contribution in [0, 0.1) is 0 Å². The lowest BCUT2D eigenvalue weighted by atomic mass is 9.96. The topological polar surface area (TPSA) is 0 Å². The molecule has 0 nitrogen and oxygen atoms in total. The number of rotatable bonds is 3. The van der Waals surface area contributed by atoms with Crippen molar-refractivity contribution in [3.63, 3.8) is 0 Å². The van der Waals surface area contributed by atoms with Gasteiger partial charge in [-0.1, -0.05) is 30.7 Å². The highest BCUT2D eigenvalue weighted by molar-refractivity contribution is 7.97. The van der Waals surface area contributed by atoms with E-state index in [0.717, 1.165) is 5.75 Å². The Morgan fingerprint density at radius 2 is 2.00 bits per heavy atom. The van der Waals surface area contributed by atoms with E-state index in [1.54, 1.807) is 0 Å². The Morgan fingerprint density at radius 1 is 1.27 bits per heavy atom. The van der Waals surface area contributed by atoms with Gasteiger partial charge in [-0.25, -0.2) is 0 Å². The Morgan fingerprint density at radius 3 is 2.53 bits per heavy atom. The first-order chi connectivity index (χ1) is 7.31. The second-order valence-electron chi connectivity index (χ2n) is 4.23. The fraction of sp³-hybridized carbons (Fsp3) is 0.538. The zero-order valence-electron chi connectivity index (χ0n) is 9.08. The van der Waals surface area contributed by atoms with Gasteiger partial charge in [0.25, 0.3) is 0 Å². The third-order valence-electron chi connectivity index (χ3n) is 3.15. The van der Waals surface area contributed by atoms with E-state index in [1.807, 2.05) is 11.8 Å². The van der Waals surface area contributed by atoms with Crippen molar-refractivity contribution in [3.8, 4) is 0 Å². The second-order valence-corrected chi connectivity index (χ2v) is 5.65. The Labute approximate surface area is 101 Å². The van der Waals surface area contributed by atoms with Gasteiger partial charge >= 0.3 is 0 Å². The van der Waals surface area contributed by atoms with Crippen LogP contribution in [0.2, 0.25) is 0 Å². The van der Waals surface area contributed by atoms with Crippen LogP contribution in [0.5, 0.6) is 0 Å². The molecule has 2 rings (SSSR count). The van der Waals surface area contributed by atoms with E-state index in [1.165, 1.54) is 30.4 Å². The number of thioether (sulfide) groups is 1. The lowest BCUT2D eigenvalue weighted by Crippen LogP contribution is -2.04. The second kappa shape index (κ2) is 5.27. The van der Waals surface area contributed by atoms with Gasteiger partial charge in [-0.05, 0) is 30.2 Å². The molecule has 1 aromatic carbocycles. The van der Waals surface area contributed by atoms with E-state index < -0.39 is 0 Å². The third kappa shape index (κ3) is 2.70. The van der Waals surface area contributed by atoms with Crippen LogP contribution in [0.3, 0.4) is 0 Å². The summed E-state index contributed by atoms with van der Waals surface area (Å²) in [5.41, 5.74) is 2.84. The van der Waals surface area contributed by atoms with Gasteiger partial charge in [0.1, 0.15) is 0 Å². The van der Waals surface area contributed by atoms with Crippen LogP contribution in [-0.2, 0) is 5.75 Å². The summed E-state index contributed by atoms with van der Waals surface area (Å²) in [6, 6.07) is 9.01. The smallest absolute Gasteiger partial charge is 0.0404 e. The highest BCUT2D eigenvalue weighted by atomic mass is 35.5. The van der Waals surface area contributed by atoms with Gasteiger partial charge in [0, 0.05) is 17.0 Å². The molecule has 1 aliphatic rings. The molecule has 0 heterocycles. The molecule has 2 heteroatoms. The highest BCUT2D eigenvalue weighted by Gasteiger charge is 2.26. The maximum absolute atomic E-state index is 6.31. The van der Waals surface area contributed by atoms with Crippen molar-refractivity contribution < 1.29 is 0 Å². The molecule has 0 saturated heterocycles. The minimum absolute atomic E-state index is 0.358. The van der Waals surface area contributed by atoms with Crippen molar-refractivity contribution in [1.82, 2.24) is 0 Å². The molecule has 0 spiro atoms. The molecule has 1 aliphatic carbocycles. The van der Waals surface area contributed by atoms with Crippen molar-refractivity contribution in [2.45, 2.75) is 36.3 Å². The normalized spacial score (nSPS) is 25.7. The average molecular weight is 241 g/mol. The Balaban J connectivity index is 2.09. The number of hydrogen-bond donors (Lipinski definition) is 0. The third-order valence-corrected chi connectivity index (χ3v) is 4.29. The Bertz CT molecular complexity index is 307. The summed E-state index contributed by atoms with van der Waals surface area (Å²) >= 11 is 8.18. The number of halogens is 1. The standard InChI is InChI=1S/C13H17ClS/c1-15-9-10-5-7-11(8-6-10)12-3-2-4-13(12)14/h5-8,12-13H,2-4,9H2,1H3. The zero-order valence-corrected chi connectivity index (χ0v) is 10.7. The summed E-state index contributed by atoms with van der Waals surface area (Å²) in [7, 11) is 0. The highest BCUT2D eigenvalue weighted by Crippen LogP contribution is 2.38. The molecule has 2 atom stereocenters. The van der Waals surface area contributed by atoms with E-state index in [0.29, 0.717) is 11.3 Å². The van der Waals surface area contributed by atoms with Crippen LogP contribution in [-0.4, -0.2) is 11.6 Å². The summed E-state index contributed by atoms with van der Waals surface area (Å²) < 4.78 is 0. The van der Waals surface area contributed by atoms with E-state index >= 15 is 0 Å². The van der Waals surface area contributed by atoms with Crippen molar-refractivity contribution in [1.29, 1.82) is 0 Å². The molecule has 0 aromatic heterocycles. The molecule has 15 heavy (non-hydrogen) atoms. The summed E-state index contributed by atoms with van der Waals surface area (Å²) in [5, 5.41) is 0.358. The fourth-order valence-electron chi connectivity index (χ4n) is 2.32. The van der Waals surface area contributed by atoms with Crippen LogP contribution < -0.4 is 0 Å². The molecular formula is C13H17ClS. The molecule has 2 unspecified atom stereocenters. The minimum atomic E-state index is 0.358. The lowest BCUT2D eigenvalue weighted by Gasteiger charge is -2.14. The van der Waals surface area contributed by atoms with E-state index in [4.69, 9.17) is 11.6 Å². The Kier molecular flexibility index (Phi) is 3.99. The van der Waals surface area contributed by atoms with Gasteiger partial charge in [0.15, 0.2) is 0 Å². The monoisotopic (exact) mass is 240 g/mol. The van der Waals surface area contributed by atoms with Crippen LogP contribution in [0.25, 0.3) is 0 Å². The fourth-order valence-corrected chi connectivity index (χ4v) is 3.27. The summed E-state index contributed by atoms with van der Waals surface area (Å²) in [5.74, 6) is 1.70. The van der Waals surface area contributed by atoms with E-state index in [2.05, 4.69) is 30.5 Å². The van der Waals surface area contributed by atoms with Crippen LogP contribution in [0.1, 0.15) is 36.3 Å². The molecule has 0 N–H and O–H groups in total. The van der Waals surface area contributed by atoms with Gasteiger partial charge < -0.3 is 0 Å². The average Bonchev–Trinajstić information content (AvgIpc) is 2.66. The largest absolute Gasteiger partial charge is 0.161 e. The van der Waals surface area contributed by atoms with Crippen molar-refractivity contribution in [3.05, 3.63) is 35.4 Å². The molecule has 0 aliphatic heterocycles. The first-order valence-electron chi connectivity index (χ1n) is 5.53. The van der Waals surface area contributed by atoms with E-state index in [-0.39, 0.29) is 0 Å². The predicted molar refractivity (Wildman–Crippen MR) is 69.9 cm³/mol. The van der Waals surface area contributed by atoms with Gasteiger partial charge in [-0.3, -0.25) is 0 Å². The molecule has 1 saturated carbocycles. The Hall–Kier alpha value is -0.140. The molecule has 0 radical (unpaired) electrons. The molecule has 1 aromatic rings. The molecular weight excluding hydrogens is 224 g/mol. The number of alkyl halides is 1. The molecule has 1 fully saturated rings. The van der Waals surface area contributed by atoms with Crippen LogP contribution >= 0.6 is 23.4 Å². The van der Waals surface area contributed by atoms with Crippen LogP contribution in [0.15, 0.2) is 24.3 Å². The maximum atomic E-state index is 6.31.